The third-order valence-electron chi connectivity index (χ3n) is 4.29. The van der Waals surface area contributed by atoms with Crippen LogP contribution in [0.5, 0.6) is 0 Å². The fraction of sp³-hybridized carbons (Fsp3) is 0.429. The molecule has 0 radical (unpaired) electrons. The lowest BCUT2D eigenvalue weighted by Crippen LogP contribution is -2.26. The molecule has 2 aromatic rings. The van der Waals surface area contributed by atoms with E-state index in [1.54, 1.807) is 23.2 Å². The number of nitrogens with zero attached hydrogens (tertiary/aromatic N) is 1. The third-order valence-corrected chi connectivity index (χ3v) is 5.21. The van der Waals surface area contributed by atoms with Gasteiger partial charge in [-0.05, 0) is 41.5 Å². The number of thiophene rings is 1. The first-order chi connectivity index (χ1) is 12.9. The summed E-state index contributed by atoms with van der Waals surface area (Å²) >= 11 is 1.64. The lowest BCUT2D eigenvalue weighted by atomic mass is 10.0. The Morgan fingerprint density at radius 1 is 1.19 bits per heavy atom. The number of carboxylic acid groups (broad SMARTS) is 1. The molecule has 0 saturated heterocycles. The van der Waals surface area contributed by atoms with E-state index in [9.17, 15) is 14.7 Å². The van der Waals surface area contributed by atoms with Crippen LogP contribution < -0.4 is 0 Å². The number of carboxylic acids is 1. The highest BCUT2D eigenvalue weighted by Crippen LogP contribution is 2.27. The van der Waals surface area contributed by atoms with E-state index in [0.29, 0.717) is 26.0 Å². The van der Waals surface area contributed by atoms with Gasteiger partial charge < -0.3 is 14.7 Å². The molecule has 1 N–H and O–H groups in total. The molecule has 6 heteroatoms. The van der Waals surface area contributed by atoms with Crippen LogP contribution in [0.3, 0.4) is 0 Å². The van der Waals surface area contributed by atoms with E-state index in [2.05, 4.69) is 11.4 Å². The summed E-state index contributed by atoms with van der Waals surface area (Å²) in [6.45, 7) is 4.80. The molecule has 0 bridgehead atoms. The second-order valence-corrected chi connectivity index (χ2v) is 7.48. The van der Waals surface area contributed by atoms with Gasteiger partial charge in [0.25, 0.3) is 0 Å². The van der Waals surface area contributed by atoms with Crippen LogP contribution >= 0.6 is 11.3 Å². The molecule has 0 saturated carbocycles. The quantitative estimate of drug-likeness (QED) is 0.661. The number of carbonyl (C=O) groups excluding carboxylic acids is 1. The van der Waals surface area contributed by atoms with Gasteiger partial charge in [0.1, 0.15) is 0 Å². The molecule has 27 heavy (non-hydrogen) atoms. The molecule has 1 unspecified atom stereocenters. The number of hydrogen-bond acceptors (Lipinski definition) is 4. The summed E-state index contributed by atoms with van der Waals surface area (Å²) in [7, 11) is 1.84. The first-order valence-electron chi connectivity index (χ1n) is 9.19. The molecule has 0 aliphatic carbocycles. The summed E-state index contributed by atoms with van der Waals surface area (Å²) in [6.07, 6.45) is 0.972. The minimum atomic E-state index is -0.940. The number of carbonyl (C=O) groups is 2. The molecule has 1 amide bonds. The van der Waals surface area contributed by atoms with Crippen molar-refractivity contribution in [2.45, 2.75) is 45.8 Å². The summed E-state index contributed by atoms with van der Waals surface area (Å²) in [5.41, 5.74) is 3.12. The summed E-state index contributed by atoms with van der Waals surface area (Å²) < 4.78 is 5.27. The van der Waals surface area contributed by atoms with Crippen LogP contribution in [0, 0.1) is 0 Å². The Kier molecular flexibility index (Phi) is 8.00. The second-order valence-electron chi connectivity index (χ2n) is 6.48. The first-order valence-corrected chi connectivity index (χ1v) is 10.1. The van der Waals surface area contributed by atoms with Crippen LogP contribution in [0.1, 0.15) is 37.1 Å². The molecule has 146 valence electrons. The summed E-state index contributed by atoms with van der Waals surface area (Å²) in [5.74, 6) is -0.774. The van der Waals surface area contributed by atoms with Crippen molar-refractivity contribution in [3.05, 3.63) is 46.2 Å². The van der Waals surface area contributed by atoms with Crippen molar-refractivity contribution in [3.8, 4) is 11.1 Å². The normalized spacial score (nSPS) is 12.0. The third kappa shape index (κ3) is 6.19. The van der Waals surface area contributed by atoms with Crippen LogP contribution in [0.15, 0.2) is 35.7 Å². The lowest BCUT2D eigenvalue weighted by Gasteiger charge is -2.15. The standard InChI is InChI=1S/C21H27NO4S/c1-4-6-20(23)22(3)13-18-12-17(14-27-18)16-9-7-15(8-10-16)11-19(21(24)25)26-5-2/h7-10,12,14,19H,4-6,11,13H2,1-3H3,(H,24,25). The molecular weight excluding hydrogens is 362 g/mol. The minimum Gasteiger partial charge on any atom is -0.479 e. The zero-order chi connectivity index (χ0) is 19.8. The van der Waals surface area contributed by atoms with Gasteiger partial charge in [0.05, 0.1) is 6.54 Å². The number of rotatable bonds is 10. The van der Waals surface area contributed by atoms with Crippen LogP contribution in [-0.2, 0) is 27.3 Å². The van der Waals surface area contributed by atoms with Gasteiger partial charge in [0.2, 0.25) is 5.91 Å². The lowest BCUT2D eigenvalue weighted by molar-refractivity contribution is -0.150. The van der Waals surface area contributed by atoms with Crippen molar-refractivity contribution in [2.75, 3.05) is 13.7 Å². The Bertz CT molecular complexity index is 754. The van der Waals surface area contributed by atoms with Gasteiger partial charge in [0, 0.05) is 31.4 Å². The maximum atomic E-state index is 11.9. The summed E-state index contributed by atoms with van der Waals surface area (Å²) in [5, 5.41) is 11.3. The highest BCUT2D eigenvalue weighted by molar-refractivity contribution is 7.10. The topological polar surface area (TPSA) is 66.8 Å². The van der Waals surface area contributed by atoms with E-state index in [-0.39, 0.29) is 5.91 Å². The zero-order valence-corrected chi connectivity index (χ0v) is 16.9. The predicted molar refractivity (Wildman–Crippen MR) is 108 cm³/mol. The van der Waals surface area contributed by atoms with Crippen molar-refractivity contribution in [1.29, 1.82) is 0 Å². The van der Waals surface area contributed by atoms with E-state index in [4.69, 9.17) is 4.74 Å². The maximum absolute atomic E-state index is 11.9. The number of hydrogen-bond donors (Lipinski definition) is 1. The molecule has 1 aromatic heterocycles. The van der Waals surface area contributed by atoms with Gasteiger partial charge in [-0.2, -0.15) is 0 Å². The highest BCUT2D eigenvalue weighted by Gasteiger charge is 2.18. The Labute approximate surface area is 164 Å². The van der Waals surface area contributed by atoms with E-state index in [1.807, 2.05) is 38.2 Å². The Morgan fingerprint density at radius 3 is 2.48 bits per heavy atom. The molecule has 0 fully saturated rings. The number of benzene rings is 1. The van der Waals surface area contributed by atoms with E-state index >= 15 is 0 Å². The van der Waals surface area contributed by atoms with E-state index < -0.39 is 12.1 Å². The fourth-order valence-electron chi connectivity index (χ4n) is 2.81. The molecule has 1 atom stereocenters. The summed E-state index contributed by atoms with van der Waals surface area (Å²) in [6, 6.07) is 9.99. The molecule has 1 heterocycles. The number of amides is 1. The predicted octanol–water partition coefficient (Wildman–Crippen LogP) is 4.21. The van der Waals surface area contributed by atoms with Crippen molar-refractivity contribution < 1.29 is 19.4 Å². The van der Waals surface area contributed by atoms with Crippen molar-refractivity contribution in [1.82, 2.24) is 4.90 Å². The first kappa shape index (κ1) is 21.1. The molecule has 0 aliphatic rings. The van der Waals surface area contributed by atoms with Crippen molar-refractivity contribution in [2.24, 2.45) is 0 Å². The molecule has 5 nitrogen and oxygen atoms in total. The van der Waals surface area contributed by atoms with Crippen LogP contribution in [0.2, 0.25) is 0 Å². The molecule has 0 aliphatic heterocycles. The van der Waals surface area contributed by atoms with Gasteiger partial charge >= 0.3 is 5.97 Å². The molecular formula is C21H27NO4S. The highest BCUT2D eigenvalue weighted by atomic mass is 32.1. The van der Waals surface area contributed by atoms with Crippen LogP contribution in [0.4, 0.5) is 0 Å². The fourth-order valence-corrected chi connectivity index (χ4v) is 3.75. The Morgan fingerprint density at radius 2 is 1.89 bits per heavy atom. The zero-order valence-electron chi connectivity index (χ0n) is 16.1. The SMILES string of the molecule is CCCC(=O)N(C)Cc1cc(-c2ccc(CC(OCC)C(=O)O)cc2)cs1. The van der Waals surface area contributed by atoms with Gasteiger partial charge in [-0.3, -0.25) is 4.79 Å². The largest absolute Gasteiger partial charge is 0.479 e. The average molecular weight is 390 g/mol. The van der Waals surface area contributed by atoms with Crippen LogP contribution in [0.25, 0.3) is 11.1 Å². The molecule has 0 spiro atoms. The van der Waals surface area contributed by atoms with E-state index in [0.717, 1.165) is 28.0 Å². The van der Waals surface area contributed by atoms with E-state index in [1.165, 1.54) is 0 Å². The van der Waals surface area contributed by atoms with Crippen molar-refractivity contribution >= 4 is 23.2 Å². The second kappa shape index (κ2) is 10.2. The summed E-state index contributed by atoms with van der Waals surface area (Å²) in [4.78, 5) is 26.0. The number of ether oxygens (including phenoxy) is 1. The minimum absolute atomic E-state index is 0.166. The Balaban J connectivity index is 2.02. The molecule has 2 rings (SSSR count). The van der Waals surface area contributed by atoms with Gasteiger partial charge in [-0.25, -0.2) is 4.79 Å². The molecule has 1 aromatic carbocycles. The smallest absolute Gasteiger partial charge is 0.333 e. The average Bonchev–Trinajstić information content (AvgIpc) is 3.10. The van der Waals surface area contributed by atoms with Crippen LogP contribution in [-0.4, -0.2) is 41.6 Å². The number of aliphatic carboxylic acids is 1. The van der Waals surface area contributed by atoms with Gasteiger partial charge in [-0.1, -0.05) is 31.2 Å². The maximum Gasteiger partial charge on any atom is 0.333 e. The van der Waals surface area contributed by atoms with Gasteiger partial charge in [0.15, 0.2) is 6.10 Å². The van der Waals surface area contributed by atoms with Crippen molar-refractivity contribution in [3.63, 3.8) is 0 Å². The van der Waals surface area contributed by atoms with Gasteiger partial charge in [-0.15, -0.1) is 11.3 Å². The Hall–Kier alpha value is -2.18. The monoisotopic (exact) mass is 389 g/mol.